The molecule has 0 fully saturated rings. The van der Waals surface area contributed by atoms with Gasteiger partial charge in [-0.15, -0.1) is 11.3 Å². The van der Waals surface area contributed by atoms with Crippen LogP contribution in [0.2, 0.25) is 0 Å². The molecule has 1 aromatic carbocycles. The molecule has 3 N–H and O–H groups in total. The van der Waals surface area contributed by atoms with Gasteiger partial charge < -0.3 is 15.4 Å². The predicted molar refractivity (Wildman–Crippen MR) is 129 cm³/mol. The molecule has 1 amide bonds. The number of hydrogen-bond donors (Lipinski definition) is 3. The zero-order valence-corrected chi connectivity index (χ0v) is 21.4. The molecular weight excluding hydrogens is 462 g/mol. The smallest absolute Gasteiger partial charge is 0.341 e. The molecule has 0 saturated heterocycles. The van der Waals surface area contributed by atoms with E-state index in [1.54, 1.807) is 13.8 Å². The number of ether oxygens (including phenoxy) is 1. The van der Waals surface area contributed by atoms with Gasteiger partial charge in [-0.2, -0.15) is 0 Å². The lowest BCUT2D eigenvalue weighted by Gasteiger charge is -2.42. The van der Waals surface area contributed by atoms with E-state index in [0.29, 0.717) is 17.0 Å². The third-order valence-electron chi connectivity index (χ3n) is 5.31. The van der Waals surface area contributed by atoms with Crippen molar-refractivity contribution in [3.63, 3.8) is 0 Å². The first kappa shape index (κ1) is 25.4. The highest BCUT2D eigenvalue weighted by Gasteiger charge is 2.42. The molecule has 1 aliphatic rings. The van der Waals surface area contributed by atoms with Gasteiger partial charge >= 0.3 is 5.97 Å². The summed E-state index contributed by atoms with van der Waals surface area (Å²) in [5.41, 5.74) is 0.917. The van der Waals surface area contributed by atoms with E-state index in [1.165, 1.54) is 35.6 Å². The van der Waals surface area contributed by atoms with Crippen molar-refractivity contribution in [1.82, 2.24) is 10.0 Å². The van der Waals surface area contributed by atoms with Crippen molar-refractivity contribution in [3.05, 3.63) is 45.8 Å². The maximum atomic E-state index is 13.0. The Morgan fingerprint density at radius 3 is 2.33 bits per heavy atom. The van der Waals surface area contributed by atoms with E-state index >= 15 is 0 Å². The number of thiophene rings is 1. The molecule has 0 unspecified atom stereocenters. The highest BCUT2D eigenvalue weighted by molar-refractivity contribution is 7.89. The molecule has 8 nitrogen and oxygen atoms in total. The van der Waals surface area contributed by atoms with Crippen LogP contribution in [0.4, 0.5) is 5.00 Å². The van der Waals surface area contributed by atoms with E-state index in [1.807, 2.05) is 13.8 Å². The Kier molecular flexibility index (Phi) is 7.05. The number of benzene rings is 1. The molecule has 2 heterocycles. The van der Waals surface area contributed by atoms with Crippen LogP contribution in [0.3, 0.4) is 0 Å². The molecule has 0 saturated carbocycles. The fourth-order valence-electron chi connectivity index (χ4n) is 4.27. The normalized spacial score (nSPS) is 16.7. The van der Waals surface area contributed by atoms with E-state index in [9.17, 15) is 18.0 Å². The molecular formula is C23H31N3O5S2. The van der Waals surface area contributed by atoms with Crippen LogP contribution in [0.15, 0.2) is 29.2 Å². The number of esters is 1. The first-order chi connectivity index (χ1) is 15.3. The molecule has 2 aromatic rings. The zero-order valence-electron chi connectivity index (χ0n) is 19.8. The Morgan fingerprint density at radius 1 is 1.12 bits per heavy atom. The number of sulfonamides is 1. The number of carbonyl (C=O) groups is 2. The van der Waals surface area contributed by atoms with E-state index in [0.717, 1.165) is 10.4 Å². The van der Waals surface area contributed by atoms with Crippen LogP contribution in [0, 0.1) is 0 Å². The summed E-state index contributed by atoms with van der Waals surface area (Å²) in [4.78, 5) is 26.9. The molecule has 0 radical (unpaired) electrons. The standard InChI is InChI=1S/C23H31N3O5S2/c1-7-24-33(29,30)15-11-9-14(10-12-15)19(27)25-20-17(21(28)31-8-2)16-13-22(3,4)26-23(5,6)18(16)32-20/h9-12,24,26H,7-8,13H2,1-6H3,(H,25,27). The summed E-state index contributed by atoms with van der Waals surface area (Å²) in [7, 11) is -3.61. The topological polar surface area (TPSA) is 114 Å². The first-order valence-corrected chi connectivity index (χ1v) is 13.1. The summed E-state index contributed by atoms with van der Waals surface area (Å²) < 4.78 is 32.0. The fraction of sp³-hybridized carbons (Fsp3) is 0.478. The first-order valence-electron chi connectivity index (χ1n) is 10.8. The SMILES string of the molecule is CCNS(=O)(=O)c1ccc(C(=O)Nc2sc3c(c2C(=O)OCC)CC(C)(C)NC3(C)C)cc1. The van der Waals surface area contributed by atoms with Gasteiger partial charge in [0.25, 0.3) is 5.91 Å². The van der Waals surface area contributed by atoms with Crippen LogP contribution < -0.4 is 15.4 Å². The zero-order chi connectivity index (χ0) is 24.6. The summed E-state index contributed by atoms with van der Waals surface area (Å²) in [6.07, 6.45) is 0.614. The molecule has 0 bridgehead atoms. The van der Waals surface area contributed by atoms with E-state index in [4.69, 9.17) is 4.74 Å². The average Bonchev–Trinajstić information content (AvgIpc) is 3.05. The maximum Gasteiger partial charge on any atom is 0.341 e. The van der Waals surface area contributed by atoms with Crippen LogP contribution in [-0.4, -0.2) is 39.0 Å². The average molecular weight is 494 g/mol. The summed E-state index contributed by atoms with van der Waals surface area (Å²) in [6.45, 7) is 12.2. The minimum Gasteiger partial charge on any atom is -0.462 e. The van der Waals surface area contributed by atoms with Crippen molar-refractivity contribution in [3.8, 4) is 0 Å². The van der Waals surface area contributed by atoms with Gasteiger partial charge in [0.05, 0.1) is 17.1 Å². The molecule has 3 rings (SSSR count). The molecule has 180 valence electrons. The second-order valence-corrected chi connectivity index (χ2v) is 11.9. The van der Waals surface area contributed by atoms with Gasteiger partial charge in [-0.1, -0.05) is 6.92 Å². The second kappa shape index (κ2) is 9.17. The van der Waals surface area contributed by atoms with E-state index < -0.39 is 27.4 Å². The molecule has 10 heteroatoms. The van der Waals surface area contributed by atoms with Crippen LogP contribution in [0.25, 0.3) is 0 Å². The fourth-order valence-corrected chi connectivity index (χ4v) is 6.57. The molecule has 1 aromatic heterocycles. The number of rotatable bonds is 7. The van der Waals surface area contributed by atoms with Crippen molar-refractivity contribution in [1.29, 1.82) is 0 Å². The highest BCUT2D eigenvalue weighted by atomic mass is 32.2. The lowest BCUT2D eigenvalue weighted by Crippen LogP contribution is -2.55. The van der Waals surface area contributed by atoms with Gasteiger partial charge in [0.2, 0.25) is 10.0 Å². The number of nitrogens with one attached hydrogen (secondary N) is 3. The monoisotopic (exact) mass is 493 g/mol. The molecule has 0 spiro atoms. The van der Waals surface area contributed by atoms with Crippen molar-refractivity contribution in [2.24, 2.45) is 0 Å². The minimum absolute atomic E-state index is 0.0785. The van der Waals surface area contributed by atoms with Crippen molar-refractivity contribution in [2.75, 3.05) is 18.5 Å². The van der Waals surface area contributed by atoms with Crippen molar-refractivity contribution < 1.29 is 22.7 Å². The number of fused-ring (bicyclic) bond motifs is 1. The van der Waals surface area contributed by atoms with E-state index in [2.05, 4.69) is 29.2 Å². The second-order valence-electron chi connectivity index (χ2n) is 9.12. The predicted octanol–water partition coefficient (Wildman–Crippen LogP) is 3.63. The lowest BCUT2D eigenvalue weighted by atomic mass is 9.81. The van der Waals surface area contributed by atoms with Gasteiger partial charge in [0.15, 0.2) is 0 Å². The summed E-state index contributed by atoms with van der Waals surface area (Å²) >= 11 is 1.36. The summed E-state index contributed by atoms with van der Waals surface area (Å²) in [6, 6.07) is 5.67. The third-order valence-corrected chi connectivity index (χ3v) is 8.34. The van der Waals surface area contributed by atoms with Crippen LogP contribution in [-0.2, 0) is 26.7 Å². The largest absolute Gasteiger partial charge is 0.462 e. The summed E-state index contributed by atoms with van der Waals surface area (Å²) in [5.74, 6) is -0.901. The molecule has 33 heavy (non-hydrogen) atoms. The lowest BCUT2D eigenvalue weighted by molar-refractivity contribution is 0.0525. The van der Waals surface area contributed by atoms with Crippen LogP contribution in [0.1, 0.15) is 72.7 Å². The molecule has 0 atom stereocenters. The Bertz CT molecular complexity index is 1170. The summed E-state index contributed by atoms with van der Waals surface area (Å²) in [5, 5.41) is 6.89. The van der Waals surface area contributed by atoms with Crippen molar-refractivity contribution >= 4 is 38.2 Å². The number of carbonyl (C=O) groups excluding carboxylic acids is 2. The van der Waals surface area contributed by atoms with Crippen LogP contribution in [0.5, 0.6) is 0 Å². The number of amides is 1. The van der Waals surface area contributed by atoms with Crippen LogP contribution >= 0.6 is 11.3 Å². The Morgan fingerprint density at radius 2 is 1.76 bits per heavy atom. The molecule has 0 aliphatic carbocycles. The van der Waals surface area contributed by atoms with Gasteiger partial charge in [-0.05, 0) is 70.9 Å². The third kappa shape index (κ3) is 5.29. The van der Waals surface area contributed by atoms with Gasteiger partial charge in [-0.25, -0.2) is 17.9 Å². The number of anilines is 1. The van der Waals surface area contributed by atoms with Gasteiger partial charge in [0.1, 0.15) is 5.00 Å². The van der Waals surface area contributed by atoms with Gasteiger partial charge in [-0.3, -0.25) is 4.79 Å². The van der Waals surface area contributed by atoms with Gasteiger partial charge in [0, 0.05) is 28.1 Å². The number of hydrogen-bond acceptors (Lipinski definition) is 7. The minimum atomic E-state index is -3.61. The van der Waals surface area contributed by atoms with Crippen molar-refractivity contribution in [2.45, 2.75) is 63.9 Å². The van der Waals surface area contributed by atoms with E-state index in [-0.39, 0.29) is 29.1 Å². The Labute approximate surface area is 199 Å². The maximum absolute atomic E-state index is 13.0. The Balaban J connectivity index is 1.97. The highest BCUT2D eigenvalue weighted by Crippen LogP contribution is 2.45. The Hall–Kier alpha value is -2.27. The molecule has 1 aliphatic heterocycles. The quantitative estimate of drug-likeness (QED) is 0.508.